The van der Waals surface area contributed by atoms with Crippen LogP contribution in [0.2, 0.25) is 0 Å². The van der Waals surface area contributed by atoms with Crippen LogP contribution in [0.3, 0.4) is 0 Å². The molecule has 0 N–H and O–H groups in total. The van der Waals surface area contributed by atoms with E-state index in [1.807, 2.05) is 0 Å². The number of hydrogen-bond acceptors (Lipinski definition) is 6. The van der Waals surface area contributed by atoms with Gasteiger partial charge >= 0.3 is 0 Å². The minimum atomic E-state index is -0.571. The third-order valence-electron chi connectivity index (χ3n) is 5.84. The van der Waals surface area contributed by atoms with Gasteiger partial charge in [-0.25, -0.2) is 15.0 Å². The van der Waals surface area contributed by atoms with E-state index in [2.05, 4.69) is 48.5 Å². The van der Waals surface area contributed by atoms with Gasteiger partial charge in [-0.15, -0.1) is 0 Å². The first kappa shape index (κ1) is 20.2. The molecule has 6 nitrogen and oxygen atoms in total. The largest absolute Gasteiger partial charge is 0.479 e. The lowest BCUT2D eigenvalue weighted by molar-refractivity contribution is 0.238. The fraction of sp³-hybridized carbons (Fsp3) is 0.857. The van der Waals surface area contributed by atoms with Crippen LogP contribution in [0, 0.1) is 23.2 Å². The Hall–Kier alpha value is -1.59. The van der Waals surface area contributed by atoms with Crippen LogP contribution in [-0.2, 0) is 14.2 Å². The number of aliphatic imine (C=N–C) groups is 3. The molecular weight excluding hydrogens is 342 g/mol. The first-order chi connectivity index (χ1) is 12.7. The highest BCUT2D eigenvalue weighted by molar-refractivity contribution is 6.08. The van der Waals surface area contributed by atoms with Crippen LogP contribution >= 0.6 is 0 Å². The van der Waals surface area contributed by atoms with Crippen molar-refractivity contribution in [1.82, 2.24) is 0 Å². The quantitative estimate of drug-likeness (QED) is 0.679. The summed E-state index contributed by atoms with van der Waals surface area (Å²) >= 11 is 0. The van der Waals surface area contributed by atoms with Crippen molar-refractivity contribution in [1.29, 1.82) is 0 Å². The average Bonchev–Trinajstić information content (AvgIpc) is 3.34. The molecule has 0 saturated carbocycles. The standard InChI is InChI=1S/C21H35N3O3/c1-12(2)15-9-25-18(22-15)8-21(7,19-23-16(10-26-19)13(3)4)20-24-17(11-27-20)14(5)6/h12-17H,8-11H2,1-7H3/t15-,16-,17-/m0/s1. The smallest absolute Gasteiger partial charge is 0.199 e. The molecule has 0 aromatic heterocycles. The lowest BCUT2D eigenvalue weighted by atomic mass is 9.85. The Morgan fingerprint density at radius 1 is 0.741 bits per heavy atom. The van der Waals surface area contributed by atoms with E-state index in [4.69, 9.17) is 29.2 Å². The van der Waals surface area contributed by atoms with Crippen LogP contribution in [0.4, 0.5) is 0 Å². The molecule has 0 aromatic carbocycles. The number of rotatable bonds is 7. The first-order valence-electron chi connectivity index (χ1n) is 10.3. The molecule has 0 aromatic rings. The molecule has 6 heteroatoms. The summed E-state index contributed by atoms with van der Waals surface area (Å²) < 4.78 is 18.0. The van der Waals surface area contributed by atoms with Crippen molar-refractivity contribution in [2.75, 3.05) is 19.8 Å². The third-order valence-corrected chi connectivity index (χ3v) is 5.84. The van der Waals surface area contributed by atoms with Gasteiger partial charge in [0.25, 0.3) is 0 Å². The van der Waals surface area contributed by atoms with Crippen LogP contribution in [0.1, 0.15) is 54.9 Å². The second-order valence-corrected chi connectivity index (χ2v) is 9.27. The Labute approximate surface area is 163 Å². The summed E-state index contributed by atoms with van der Waals surface area (Å²) in [5, 5.41) is 0. The van der Waals surface area contributed by atoms with Crippen molar-refractivity contribution in [3.63, 3.8) is 0 Å². The zero-order valence-corrected chi connectivity index (χ0v) is 17.9. The lowest BCUT2D eigenvalue weighted by Crippen LogP contribution is -2.39. The topological polar surface area (TPSA) is 64.8 Å². The molecule has 0 radical (unpaired) electrons. The fourth-order valence-electron chi connectivity index (χ4n) is 3.49. The monoisotopic (exact) mass is 377 g/mol. The van der Waals surface area contributed by atoms with Crippen LogP contribution in [0.15, 0.2) is 15.0 Å². The maximum atomic E-state index is 6.06. The Bertz CT molecular complexity index is 603. The van der Waals surface area contributed by atoms with Gasteiger partial charge in [0, 0.05) is 6.42 Å². The normalized spacial score (nSPS) is 28.2. The minimum Gasteiger partial charge on any atom is -0.479 e. The van der Waals surface area contributed by atoms with Gasteiger partial charge in [0.2, 0.25) is 0 Å². The SMILES string of the molecule is CC(C)[C@@H]1COC(CC(C)(C2=N[C@H](C(C)C)CO2)C2=N[C@H](C(C)C)CO2)=N1. The van der Waals surface area contributed by atoms with Crippen molar-refractivity contribution < 1.29 is 14.2 Å². The Morgan fingerprint density at radius 2 is 1.15 bits per heavy atom. The van der Waals surface area contributed by atoms with E-state index in [-0.39, 0.29) is 18.1 Å². The van der Waals surface area contributed by atoms with Gasteiger partial charge in [0.1, 0.15) is 25.2 Å². The highest BCUT2D eigenvalue weighted by atomic mass is 16.5. The third kappa shape index (κ3) is 4.14. The van der Waals surface area contributed by atoms with Crippen molar-refractivity contribution >= 4 is 17.7 Å². The molecule has 0 bridgehead atoms. The molecule has 0 saturated heterocycles. The molecule has 3 atom stereocenters. The summed E-state index contributed by atoms with van der Waals surface area (Å²) in [4.78, 5) is 14.6. The van der Waals surface area contributed by atoms with E-state index in [9.17, 15) is 0 Å². The van der Waals surface area contributed by atoms with Crippen LogP contribution < -0.4 is 0 Å². The molecule has 3 heterocycles. The van der Waals surface area contributed by atoms with E-state index >= 15 is 0 Å². The molecule has 3 aliphatic rings. The van der Waals surface area contributed by atoms with Gasteiger partial charge in [-0.3, -0.25) is 0 Å². The summed E-state index contributed by atoms with van der Waals surface area (Å²) in [5.74, 6) is 3.52. The molecule has 27 heavy (non-hydrogen) atoms. The van der Waals surface area contributed by atoms with Crippen molar-refractivity contribution in [2.24, 2.45) is 38.1 Å². The van der Waals surface area contributed by atoms with Crippen LogP contribution in [-0.4, -0.2) is 55.6 Å². The number of nitrogens with zero attached hydrogens (tertiary/aromatic N) is 3. The Kier molecular flexibility index (Phi) is 5.82. The first-order valence-corrected chi connectivity index (χ1v) is 10.3. The predicted molar refractivity (Wildman–Crippen MR) is 109 cm³/mol. The summed E-state index contributed by atoms with van der Waals surface area (Å²) in [6.07, 6.45) is 0.573. The molecule has 152 valence electrons. The minimum absolute atomic E-state index is 0.178. The summed E-state index contributed by atoms with van der Waals surface area (Å²) in [7, 11) is 0. The highest BCUT2D eigenvalue weighted by Crippen LogP contribution is 2.36. The summed E-state index contributed by atoms with van der Waals surface area (Å²) in [6.45, 7) is 17.0. The maximum Gasteiger partial charge on any atom is 0.199 e. The average molecular weight is 378 g/mol. The highest BCUT2D eigenvalue weighted by Gasteiger charge is 2.47. The Morgan fingerprint density at radius 3 is 1.52 bits per heavy atom. The van der Waals surface area contributed by atoms with Crippen molar-refractivity contribution in [2.45, 2.75) is 73.0 Å². The van der Waals surface area contributed by atoms with Gasteiger partial charge in [-0.05, 0) is 24.7 Å². The molecule has 0 amide bonds. The van der Waals surface area contributed by atoms with Gasteiger partial charge in [-0.1, -0.05) is 41.5 Å². The zero-order chi connectivity index (χ0) is 19.8. The van der Waals surface area contributed by atoms with Gasteiger partial charge < -0.3 is 14.2 Å². The van der Waals surface area contributed by atoms with E-state index in [1.54, 1.807) is 0 Å². The van der Waals surface area contributed by atoms with E-state index in [0.29, 0.717) is 55.8 Å². The molecule has 0 spiro atoms. The fourth-order valence-corrected chi connectivity index (χ4v) is 3.49. The second kappa shape index (κ2) is 7.80. The van der Waals surface area contributed by atoms with Gasteiger partial charge in [0.15, 0.2) is 17.7 Å². The van der Waals surface area contributed by atoms with Crippen molar-refractivity contribution in [3.05, 3.63) is 0 Å². The summed E-state index contributed by atoms with van der Waals surface area (Å²) in [6, 6.07) is 0.572. The zero-order valence-electron chi connectivity index (χ0n) is 17.9. The van der Waals surface area contributed by atoms with E-state index in [0.717, 1.165) is 5.90 Å². The summed E-state index contributed by atoms with van der Waals surface area (Å²) in [5.41, 5.74) is -0.571. The van der Waals surface area contributed by atoms with E-state index in [1.165, 1.54) is 0 Å². The van der Waals surface area contributed by atoms with Crippen LogP contribution in [0.5, 0.6) is 0 Å². The lowest BCUT2D eigenvalue weighted by Gasteiger charge is -2.27. The predicted octanol–water partition coefficient (Wildman–Crippen LogP) is 3.74. The second-order valence-electron chi connectivity index (χ2n) is 9.27. The van der Waals surface area contributed by atoms with Crippen molar-refractivity contribution in [3.8, 4) is 0 Å². The molecule has 0 aliphatic carbocycles. The van der Waals surface area contributed by atoms with Gasteiger partial charge in [0.05, 0.1) is 18.1 Å². The molecule has 0 fully saturated rings. The van der Waals surface area contributed by atoms with Gasteiger partial charge in [-0.2, -0.15) is 0 Å². The molecule has 0 unspecified atom stereocenters. The number of ether oxygens (including phenoxy) is 3. The maximum absolute atomic E-state index is 6.06. The molecular formula is C21H35N3O3. The van der Waals surface area contributed by atoms with E-state index < -0.39 is 5.41 Å². The Balaban J connectivity index is 1.89. The molecule has 3 aliphatic heterocycles. The van der Waals surface area contributed by atoms with Crippen LogP contribution in [0.25, 0.3) is 0 Å². The molecule has 3 rings (SSSR count). The number of hydrogen-bond donors (Lipinski definition) is 0.